The Morgan fingerprint density at radius 2 is 1.52 bits per heavy atom. The van der Waals surface area contributed by atoms with Gasteiger partial charge in [-0.1, -0.05) is 38.3 Å². The lowest BCUT2D eigenvalue weighted by Gasteiger charge is -2.19. The summed E-state index contributed by atoms with van der Waals surface area (Å²) in [5, 5.41) is 1.46. The van der Waals surface area contributed by atoms with E-state index in [1.165, 1.54) is 24.0 Å². The van der Waals surface area contributed by atoms with E-state index in [1.807, 2.05) is 35.6 Å². The van der Waals surface area contributed by atoms with Crippen LogP contribution in [0.4, 0.5) is 0 Å². The van der Waals surface area contributed by atoms with Crippen molar-refractivity contribution in [2.75, 3.05) is 12.3 Å². The van der Waals surface area contributed by atoms with Gasteiger partial charge in [0.05, 0.1) is 0 Å². The van der Waals surface area contributed by atoms with Crippen LogP contribution in [0.25, 0.3) is 0 Å². The fraction of sp³-hybridized carbons (Fsp3) is 0.368. The summed E-state index contributed by atoms with van der Waals surface area (Å²) >= 11 is 11.0. The van der Waals surface area contributed by atoms with Gasteiger partial charge in [0.15, 0.2) is 9.54 Å². The van der Waals surface area contributed by atoms with Crippen molar-refractivity contribution in [1.82, 2.24) is 18.3 Å². The van der Waals surface area contributed by atoms with E-state index in [-0.39, 0.29) is 7.92 Å². The highest BCUT2D eigenvalue weighted by atomic mass is 32.1. The largest absolute Gasteiger partial charge is 0.327 e. The van der Waals surface area contributed by atoms with Crippen molar-refractivity contribution >= 4 is 46.2 Å². The summed E-state index contributed by atoms with van der Waals surface area (Å²) < 4.78 is 10.2. The number of rotatable bonds is 9. The third kappa shape index (κ3) is 5.48. The molecule has 0 aliphatic heterocycles. The molecule has 2 atom stereocenters. The Morgan fingerprint density at radius 3 is 2.11 bits per heavy atom. The molecule has 2 aromatic heterocycles. The number of aromatic nitrogens is 4. The molecule has 2 unspecified atom stereocenters. The van der Waals surface area contributed by atoms with Crippen LogP contribution in [0.2, 0.25) is 0 Å². The molecular weight excluding hydrogens is 410 g/mol. The lowest BCUT2D eigenvalue weighted by molar-refractivity contribution is 0.795. The van der Waals surface area contributed by atoms with Crippen LogP contribution in [0.15, 0.2) is 55.1 Å². The highest BCUT2D eigenvalue weighted by molar-refractivity contribution is 7.71. The van der Waals surface area contributed by atoms with Crippen molar-refractivity contribution in [3.8, 4) is 0 Å². The molecule has 2 heterocycles. The van der Waals surface area contributed by atoms with Crippen molar-refractivity contribution in [3.05, 3.63) is 64.7 Å². The van der Waals surface area contributed by atoms with Gasteiger partial charge in [0, 0.05) is 51.5 Å². The van der Waals surface area contributed by atoms with Crippen LogP contribution < -0.4 is 5.30 Å². The van der Waals surface area contributed by atoms with Crippen LogP contribution in [0.1, 0.15) is 6.42 Å². The third-order valence-corrected chi connectivity index (χ3v) is 9.39. The molecule has 3 rings (SSSR count). The molecule has 0 aliphatic rings. The number of nitrogens with zero attached hydrogens (tertiary/aromatic N) is 4. The molecule has 0 saturated heterocycles. The minimum atomic E-state index is -0.252. The van der Waals surface area contributed by atoms with Gasteiger partial charge < -0.3 is 18.3 Å². The maximum Gasteiger partial charge on any atom is 0.179 e. The number of imidazole rings is 2. The zero-order valence-electron chi connectivity index (χ0n) is 15.8. The molecule has 27 heavy (non-hydrogen) atoms. The molecule has 0 saturated carbocycles. The quantitative estimate of drug-likeness (QED) is 0.270. The number of aryl methyl sites for hydroxylation is 2. The molecule has 4 nitrogen and oxygen atoms in total. The van der Waals surface area contributed by atoms with Crippen molar-refractivity contribution in [2.24, 2.45) is 14.1 Å². The van der Waals surface area contributed by atoms with E-state index >= 15 is 0 Å². The van der Waals surface area contributed by atoms with E-state index in [4.69, 9.17) is 24.4 Å². The summed E-state index contributed by atoms with van der Waals surface area (Å²) in [5.74, 6) is 0. The van der Waals surface area contributed by atoms with Gasteiger partial charge in [-0.3, -0.25) is 0 Å². The van der Waals surface area contributed by atoms with Gasteiger partial charge in [-0.25, -0.2) is 0 Å². The van der Waals surface area contributed by atoms with Gasteiger partial charge >= 0.3 is 0 Å². The summed E-state index contributed by atoms with van der Waals surface area (Å²) in [6.07, 6.45) is 14.1. The summed E-state index contributed by atoms with van der Waals surface area (Å²) in [5.41, 5.74) is 0. The molecule has 1 aromatic carbocycles. The van der Waals surface area contributed by atoms with Gasteiger partial charge in [0.2, 0.25) is 0 Å². The van der Waals surface area contributed by atoms with Gasteiger partial charge in [0.25, 0.3) is 0 Å². The molecule has 8 heteroatoms. The minimum Gasteiger partial charge on any atom is -0.327 e. The number of benzene rings is 1. The van der Waals surface area contributed by atoms with Crippen LogP contribution in [0, 0.1) is 9.54 Å². The predicted molar refractivity (Wildman–Crippen MR) is 124 cm³/mol. The van der Waals surface area contributed by atoms with Crippen molar-refractivity contribution in [2.45, 2.75) is 19.0 Å². The molecule has 0 radical (unpaired) electrons. The smallest absolute Gasteiger partial charge is 0.179 e. The minimum absolute atomic E-state index is 0.252. The van der Waals surface area contributed by atoms with E-state index in [1.54, 1.807) is 0 Å². The normalized spacial score (nSPS) is 12.8. The second kappa shape index (κ2) is 9.93. The molecule has 0 spiro atoms. The van der Waals surface area contributed by atoms with Gasteiger partial charge in [-0.2, -0.15) is 0 Å². The van der Waals surface area contributed by atoms with Gasteiger partial charge in [0.1, 0.15) is 0 Å². The van der Waals surface area contributed by atoms with E-state index < -0.39 is 0 Å². The van der Waals surface area contributed by atoms with Crippen LogP contribution in [0.5, 0.6) is 0 Å². The monoisotopic (exact) mass is 436 g/mol. The summed E-state index contributed by atoms with van der Waals surface area (Å²) in [7, 11) is 4.67. The van der Waals surface area contributed by atoms with Crippen LogP contribution in [-0.4, -0.2) is 30.6 Å². The standard InChI is InChI=1S/C19H26N4P2S2/c1-20-9-11-22(18(20)26)15-24-13-6-14-25(17-7-4-3-5-8-17)16-23-12-10-21(2)19(23)27/h3-5,7-12,24H,6,13-16H2,1-2H3. The maximum atomic E-state index is 5.54. The third-order valence-electron chi connectivity index (χ3n) is 4.54. The van der Waals surface area contributed by atoms with Crippen molar-refractivity contribution < 1.29 is 0 Å². The van der Waals surface area contributed by atoms with Crippen LogP contribution in [-0.2, 0) is 26.7 Å². The van der Waals surface area contributed by atoms with Crippen molar-refractivity contribution in [1.29, 1.82) is 0 Å². The van der Waals surface area contributed by atoms with E-state index in [0.717, 1.165) is 30.7 Å². The first kappa shape index (κ1) is 20.7. The van der Waals surface area contributed by atoms with Gasteiger partial charge in [-0.05, 0) is 48.5 Å². The average molecular weight is 437 g/mol. The lowest BCUT2D eigenvalue weighted by atomic mass is 10.4. The Kier molecular flexibility index (Phi) is 7.60. The van der Waals surface area contributed by atoms with Crippen LogP contribution in [0.3, 0.4) is 0 Å². The molecule has 0 aliphatic carbocycles. The SMILES string of the molecule is Cn1ccn(CPCCCP(Cn2ccn(C)c2=S)c2ccccc2)c1=S. The second-order valence-electron chi connectivity index (χ2n) is 6.57. The lowest BCUT2D eigenvalue weighted by Crippen LogP contribution is -2.09. The molecular formula is C19H26N4P2S2. The Labute approximate surface area is 174 Å². The first-order chi connectivity index (χ1) is 13.1. The highest BCUT2D eigenvalue weighted by Crippen LogP contribution is 2.38. The molecule has 144 valence electrons. The van der Waals surface area contributed by atoms with Gasteiger partial charge in [-0.15, -0.1) is 8.58 Å². The molecule has 3 aromatic rings. The Bertz CT molecular complexity index is 972. The molecule has 0 N–H and O–H groups in total. The first-order valence-corrected chi connectivity index (χ1v) is 12.9. The Morgan fingerprint density at radius 1 is 0.889 bits per heavy atom. The fourth-order valence-corrected chi connectivity index (χ4v) is 7.20. The fourth-order valence-electron chi connectivity index (χ4n) is 2.95. The molecule has 0 amide bonds. The van der Waals surface area contributed by atoms with Crippen molar-refractivity contribution in [3.63, 3.8) is 0 Å². The zero-order chi connectivity index (χ0) is 19.2. The first-order valence-electron chi connectivity index (χ1n) is 9.00. The van der Waals surface area contributed by atoms with E-state index in [0.29, 0.717) is 0 Å². The summed E-state index contributed by atoms with van der Waals surface area (Å²) in [4.78, 5) is 0. The average Bonchev–Trinajstić information content (AvgIpc) is 3.17. The van der Waals surface area contributed by atoms with E-state index in [9.17, 15) is 0 Å². The zero-order valence-corrected chi connectivity index (χ0v) is 19.3. The summed E-state index contributed by atoms with van der Waals surface area (Å²) in [6, 6.07) is 10.9. The maximum absolute atomic E-state index is 5.54. The number of hydrogen-bond acceptors (Lipinski definition) is 2. The molecule has 0 bridgehead atoms. The van der Waals surface area contributed by atoms with E-state index in [2.05, 4.69) is 51.9 Å². The molecule has 0 fully saturated rings. The Hall–Kier alpha value is -1.06. The Balaban J connectivity index is 1.57. The topological polar surface area (TPSA) is 19.7 Å². The highest BCUT2D eigenvalue weighted by Gasteiger charge is 2.12. The predicted octanol–water partition coefficient (Wildman–Crippen LogP) is 4.92. The second-order valence-corrected chi connectivity index (χ2v) is 10.9. The number of hydrogen-bond donors (Lipinski definition) is 0. The summed E-state index contributed by atoms with van der Waals surface area (Å²) in [6.45, 7) is 0. The van der Waals surface area contributed by atoms with Crippen LogP contribution >= 0.6 is 40.9 Å².